The van der Waals surface area contributed by atoms with E-state index in [2.05, 4.69) is 10.0 Å². The Balaban J connectivity index is 1.79. The average Bonchev–Trinajstić information content (AvgIpc) is 2.71. The van der Waals surface area contributed by atoms with Crippen LogP contribution in [0.25, 0.3) is 0 Å². The standard InChI is InChI=1S/C24H26N2O3S/c1-16-12-13-20(14-18(16)3)19(4)25-24(27)21-9-7-10-22(15-21)30(28,29)26-23-11-6-5-8-17(23)2/h5-15,19,26H,1-4H3,(H,25,27). The van der Waals surface area contributed by atoms with Crippen molar-refractivity contribution in [1.29, 1.82) is 0 Å². The van der Waals surface area contributed by atoms with Gasteiger partial charge in [0.2, 0.25) is 0 Å². The summed E-state index contributed by atoms with van der Waals surface area (Å²) in [5.41, 5.74) is 4.96. The summed E-state index contributed by atoms with van der Waals surface area (Å²) in [7, 11) is -3.81. The van der Waals surface area contributed by atoms with E-state index < -0.39 is 10.0 Å². The molecule has 0 bridgehead atoms. The van der Waals surface area contributed by atoms with Gasteiger partial charge in [0.1, 0.15) is 0 Å². The Morgan fingerprint density at radius 3 is 2.27 bits per heavy atom. The number of carbonyl (C=O) groups is 1. The minimum Gasteiger partial charge on any atom is -0.346 e. The summed E-state index contributed by atoms with van der Waals surface area (Å²) in [6.07, 6.45) is 0. The van der Waals surface area contributed by atoms with E-state index in [-0.39, 0.29) is 16.8 Å². The first kappa shape index (κ1) is 21.6. The molecular formula is C24H26N2O3S. The van der Waals surface area contributed by atoms with E-state index in [9.17, 15) is 13.2 Å². The van der Waals surface area contributed by atoms with Crippen molar-refractivity contribution in [3.8, 4) is 0 Å². The van der Waals surface area contributed by atoms with Gasteiger partial charge in [-0.15, -0.1) is 0 Å². The highest BCUT2D eigenvalue weighted by Gasteiger charge is 2.18. The van der Waals surface area contributed by atoms with Crippen LogP contribution in [0.4, 0.5) is 5.69 Å². The number of benzene rings is 3. The SMILES string of the molecule is Cc1ccc(C(C)NC(=O)c2cccc(S(=O)(=O)Nc3ccccc3C)c2)cc1C. The number of rotatable bonds is 6. The fraction of sp³-hybridized carbons (Fsp3) is 0.208. The monoisotopic (exact) mass is 422 g/mol. The lowest BCUT2D eigenvalue weighted by molar-refractivity contribution is 0.0939. The van der Waals surface area contributed by atoms with Gasteiger partial charge in [0.15, 0.2) is 0 Å². The molecule has 3 aromatic carbocycles. The van der Waals surface area contributed by atoms with Gasteiger partial charge in [-0.25, -0.2) is 8.42 Å². The molecule has 1 unspecified atom stereocenters. The zero-order valence-corrected chi connectivity index (χ0v) is 18.4. The number of nitrogens with one attached hydrogen (secondary N) is 2. The predicted molar refractivity (Wildman–Crippen MR) is 120 cm³/mol. The summed E-state index contributed by atoms with van der Waals surface area (Å²) in [6.45, 7) is 7.81. The second-order valence-electron chi connectivity index (χ2n) is 7.49. The Labute approximate surface area is 178 Å². The van der Waals surface area contributed by atoms with Crippen molar-refractivity contribution in [3.05, 3.63) is 94.5 Å². The van der Waals surface area contributed by atoms with Crippen molar-refractivity contribution in [2.45, 2.75) is 38.6 Å². The predicted octanol–water partition coefficient (Wildman–Crippen LogP) is 4.90. The molecule has 0 aliphatic carbocycles. The summed E-state index contributed by atoms with van der Waals surface area (Å²) in [5, 5.41) is 2.94. The number of aryl methyl sites for hydroxylation is 3. The maximum absolute atomic E-state index is 12.8. The van der Waals surface area contributed by atoms with Gasteiger partial charge in [0.05, 0.1) is 16.6 Å². The van der Waals surface area contributed by atoms with Gasteiger partial charge < -0.3 is 5.32 Å². The van der Waals surface area contributed by atoms with Crippen molar-refractivity contribution >= 4 is 21.6 Å². The maximum atomic E-state index is 12.8. The Morgan fingerprint density at radius 1 is 0.833 bits per heavy atom. The molecule has 6 heteroatoms. The van der Waals surface area contributed by atoms with Gasteiger partial charge in [-0.1, -0.05) is 42.5 Å². The van der Waals surface area contributed by atoms with Gasteiger partial charge in [-0.2, -0.15) is 0 Å². The zero-order valence-electron chi connectivity index (χ0n) is 17.6. The summed E-state index contributed by atoms with van der Waals surface area (Å²) >= 11 is 0. The fourth-order valence-corrected chi connectivity index (χ4v) is 4.27. The van der Waals surface area contributed by atoms with Gasteiger partial charge in [0, 0.05) is 5.56 Å². The molecule has 0 saturated heterocycles. The highest BCUT2D eigenvalue weighted by Crippen LogP contribution is 2.21. The Hall–Kier alpha value is -3.12. The van der Waals surface area contributed by atoms with Crippen LogP contribution in [0.15, 0.2) is 71.6 Å². The fourth-order valence-electron chi connectivity index (χ4n) is 3.09. The summed E-state index contributed by atoms with van der Waals surface area (Å²) in [6, 6.07) is 19.0. The van der Waals surface area contributed by atoms with Gasteiger partial charge in [-0.3, -0.25) is 9.52 Å². The lowest BCUT2D eigenvalue weighted by Crippen LogP contribution is -2.27. The first-order chi connectivity index (χ1) is 14.2. The van der Waals surface area contributed by atoms with Crippen LogP contribution in [0.5, 0.6) is 0 Å². The summed E-state index contributed by atoms with van der Waals surface area (Å²) < 4.78 is 28.2. The smallest absolute Gasteiger partial charge is 0.261 e. The second kappa shape index (κ2) is 8.71. The lowest BCUT2D eigenvalue weighted by Gasteiger charge is -2.16. The van der Waals surface area contributed by atoms with Crippen LogP contribution in [0.3, 0.4) is 0 Å². The average molecular weight is 423 g/mol. The normalized spacial score (nSPS) is 12.3. The van der Waals surface area contributed by atoms with E-state index in [1.54, 1.807) is 24.3 Å². The van der Waals surface area contributed by atoms with E-state index in [4.69, 9.17) is 0 Å². The van der Waals surface area contributed by atoms with Gasteiger partial charge in [0.25, 0.3) is 15.9 Å². The molecule has 30 heavy (non-hydrogen) atoms. The van der Waals surface area contributed by atoms with Crippen molar-refractivity contribution in [1.82, 2.24) is 5.32 Å². The number of hydrogen-bond acceptors (Lipinski definition) is 3. The van der Waals surface area contributed by atoms with Crippen LogP contribution < -0.4 is 10.0 Å². The summed E-state index contributed by atoms with van der Waals surface area (Å²) in [4.78, 5) is 12.8. The molecule has 0 radical (unpaired) electrons. The number of carbonyl (C=O) groups excluding carboxylic acids is 1. The third-order valence-electron chi connectivity index (χ3n) is 5.17. The number of anilines is 1. The van der Waals surface area contributed by atoms with Crippen LogP contribution in [0.2, 0.25) is 0 Å². The van der Waals surface area contributed by atoms with E-state index >= 15 is 0 Å². The van der Waals surface area contributed by atoms with E-state index in [0.29, 0.717) is 11.3 Å². The number of sulfonamides is 1. The van der Waals surface area contributed by atoms with Crippen LogP contribution >= 0.6 is 0 Å². The van der Waals surface area contributed by atoms with E-state index in [1.165, 1.54) is 17.7 Å². The third kappa shape index (κ3) is 4.89. The van der Waals surface area contributed by atoms with Crippen LogP contribution in [0, 0.1) is 20.8 Å². The third-order valence-corrected chi connectivity index (χ3v) is 6.54. The van der Waals surface area contributed by atoms with Crippen molar-refractivity contribution in [2.24, 2.45) is 0 Å². The largest absolute Gasteiger partial charge is 0.346 e. The van der Waals surface area contributed by atoms with Crippen molar-refractivity contribution in [3.63, 3.8) is 0 Å². The molecule has 0 aliphatic rings. The lowest BCUT2D eigenvalue weighted by atomic mass is 10.0. The molecule has 0 saturated carbocycles. The van der Waals surface area contributed by atoms with Crippen molar-refractivity contribution in [2.75, 3.05) is 4.72 Å². The zero-order chi connectivity index (χ0) is 21.9. The Kier molecular flexibility index (Phi) is 6.27. The van der Waals surface area contributed by atoms with Crippen LogP contribution in [-0.4, -0.2) is 14.3 Å². The molecule has 0 aromatic heterocycles. The van der Waals surface area contributed by atoms with Crippen molar-refractivity contribution < 1.29 is 13.2 Å². The molecule has 2 N–H and O–H groups in total. The number of hydrogen-bond donors (Lipinski definition) is 2. The maximum Gasteiger partial charge on any atom is 0.261 e. The molecule has 0 fully saturated rings. The Bertz CT molecular complexity index is 1190. The molecule has 5 nitrogen and oxygen atoms in total. The Morgan fingerprint density at radius 2 is 1.57 bits per heavy atom. The highest BCUT2D eigenvalue weighted by atomic mass is 32.2. The minimum absolute atomic E-state index is 0.0391. The number of para-hydroxylation sites is 1. The highest BCUT2D eigenvalue weighted by molar-refractivity contribution is 7.92. The molecular weight excluding hydrogens is 396 g/mol. The first-order valence-electron chi connectivity index (χ1n) is 9.74. The molecule has 0 aliphatic heterocycles. The second-order valence-corrected chi connectivity index (χ2v) is 9.17. The minimum atomic E-state index is -3.81. The van der Waals surface area contributed by atoms with Crippen LogP contribution in [0.1, 0.15) is 45.6 Å². The molecule has 0 heterocycles. The van der Waals surface area contributed by atoms with E-state index in [0.717, 1.165) is 16.7 Å². The molecule has 3 rings (SSSR count). The molecule has 156 valence electrons. The molecule has 1 atom stereocenters. The van der Waals surface area contributed by atoms with E-state index in [1.807, 2.05) is 58.0 Å². The molecule has 0 spiro atoms. The summed E-state index contributed by atoms with van der Waals surface area (Å²) in [5.74, 6) is -0.325. The number of amides is 1. The molecule has 1 amide bonds. The van der Waals surface area contributed by atoms with Gasteiger partial charge in [-0.05, 0) is 74.2 Å². The van der Waals surface area contributed by atoms with Gasteiger partial charge >= 0.3 is 0 Å². The quantitative estimate of drug-likeness (QED) is 0.593. The molecule has 3 aromatic rings. The van der Waals surface area contributed by atoms with Crippen LogP contribution in [-0.2, 0) is 10.0 Å². The topological polar surface area (TPSA) is 75.3 Å². The first-order valence-corrected chi connectivity index (χ1v) is 11.2.